The Morgan fingerprint density at radius 1 is 1.03 bits per heavy atom. The van der Waals surface area contributed by atoms with Crippen LogP contribution in [0.15, 0.2) is 30.5 Å². The monoisotopic (exact) mass is 461 g/mol. The predicted molar refractivity (Wildman–Crippen MR) is 135 cm³/mol. The zero-order valence-electron chi connectivity index (χ0n) is 21.6. The van der Waals surface area contributed by atoms with E-state index >= 15 is 0 Å². The van der Waals surface area contributed by atoms with E-state index in [9.17, 15) is 14.4 Å². The number of carbonyl (C=O) groups excluding carboxylic acids is 2. The topological polar surface area (TPSA) is 128 Å². The number of hydrogen-bond acceptors (Lipinski definition) is 3. The number of hydrogen-bond donors (Lipinski definition) is 3. The van der Waals surface area contributed by atoms with Gasteiger partial charge in [-0.3, -0.25) is 14.4 Å². The Hall–Kier alpha value is -2.83. The van der Waals surface area contributed by atoms with Gasteiger partial charge in [0.15, 0.2) is 0 Å². The predicted octanol–water partition coefficient (Wildman–Crippen LogP) is 4.84. The summed E-state index contributed by atoms with van der Waals surface area (Å²) in [5.74, 6) is -1.47. The molecule has 2 amide bonds. The van der Waals surface area contributed by atoms with Crippen LogP contribution in [-0.4, -0.2) is 27.5 Å². The quantitative estimate of drug-likeness (QED) is 0.568. The van der Waals surface area contributed by atoms with Gasteiger partial charge in [0.25, 0.3) is 0 Å². The number of primary amides is 2. The van der Waals surface area contributed by atoms with Gasteiger partial charge < -0.3 is 21.1 Å². The number of fused-ring (bicyclic) bond motifs is 1. The van der Waals surface area contributed by atoms with Crippen LogP contribution in [0.2, 0.25) is 0 Å². The molecule has 0 aliphatic heterocycles. The number of carboxylic acid groups (broad SMARTS) is 1. The van der Waals surface area contributed by atoms with Crippen LogP contribution in [0.5, 0.6) is 0 Å². The molecule has 1 aromatic carbocycles. The SMILES string of the molecule is CC(C)(C)n1cc(CCC(N)=O)c2ccccc21.CC(CCC(C)(C)C)C(=O)O.CC(N)=O. The molecule has 33 heavy (non-hydrogen) atoms. The normalized spacial score (nSPS) is 12.1. The van der Waals surface area contributed by atoms with Crippen molar-refractivity contribution in [1.82, 2.24) is 4.57 Å². The van der Waals surface area contributed by atoms with Crippen molar-refractivity contribution in [3.63, 3.8) is 0 Å². The van der Waals surface area contributed by atoms with Gasteiger partial charge in [0.05, 0.1) is 5.92 Å². The summed E-state index contributed by atoms with van der Waals surface area (Å²) < 4.78 is 2.26. The summed E-state index contributed by atoms with van der Waals surface area (Å²) in [6.45, 7) is 16.0. The van der Waals surface area contributed by atoms with Crippen LogP contribution in [-0.2, 0) is 26.3 Å². The van der Waals surface area contributed by atoms with E-state index in [0.717, 1.165) is 12.8 Å². The number of amides is 2. The molecule has 0 radical (unpaired) electrons. The highest BCUT2D eigenvalue weighted by molar-refractivity contribution is 5.85. The number of rotatable bonds is 6. The molecule has 2 aromatic rings. The Morgan fingerprint density at radius 3 is 1.97 bits per heavy atom. The van der Waals surface area contributed by atoms with E-state index in [1.807, 2.05) is 12.1 Å². The summed E-state index contributed by atoms with van der Waals surface area (Å²) in [7, 11) is 0. The maximum Gasteiger partial charge on any atom is 0.306 e. The van der Waals surface area contributed by atoms with Gasteiger partial charge in [0, 0.05) is 36.0 Å². The lowest BCUT2D eigenvalue weighted by Crippen LogP contribution is -2.20. The van der Waals surface area contributed by atoms with Crippen LogP contribution >= 0.6 is 0 Å². The lowest BCUT2D eigenvalue weighted by molar-refractivity contribution is -0.141. The van der Waals surface area contributed by atoms with Crippen LogP contribution in [0.1, 0.15) is 80.2 Å². The zero-order valence-corrected chi connectivity index (χ0v) is 21.6. The van der Waals surface area contributed by atoms with E-state index in [4.69, 9.17) is 10.8 Å². The first-order chi connectivity index (χ1) is 15.0. The van der Waals surface area contributed by atoms with Gasteiger partial charge in [-0.05, 0) is 57.1 Å². The standard InChI is InChI=1S/C15H20N2O.C9H18O2.C2H5NO/c1-15(2,3)17-10-11(8-9-14(16)18)12-6-4-5-7-13(12)17;1-7(8(10)11)5-6-9(2,3)4;1-2(3)4/h4-7,10H,8-9H2,1-3H3,(H2,16,18);7H,5-6H2,1-4H3,(H,10,11);1H3,(H2,3,4). The molecule has 7 heteroatoms. The molecule has 0 bridgehead atoms. The van der Waals surface area contributed by atoms with Gasteiger partial charge in [-0.15, -0.1) is 0 Å². The molecule has 0 aliphatic carbocycles. The Bertz CT molecular complexity index is 914. The first-order valence-electron chi connectivity index (χ1n) is 11.3. The number of carbonyl (C=O) groups is 3. The van der Waals surface area contributed by atoms with Crippen LogP contribution in [0, 0.1) is 11.3 Å². The Kier molecular flexibility index (Phi) is 11.9. The number of nitrogens with two attached hydrogens (primary N) is 2. The highest BCUT2D eigenvalue weighted by Gasteiger charge is 2.18. The van der Waals surface area contributed by atoms with Crippen molar-refractivity contribution in [2.75, 3.05) is 0 Å². The van der Waals surface area contributed by atoms with Gasteiger partial charge in [0.2, 0.25) is 11.8 Å². The van der Waals surface area contributed by atoms with Gasteiger partial charge >= 0.3 is 5.97 Å². The molecule has 2 rings (SSSR count). The second kappa shape index (κ2) is 13.0. The first kappa shape index (κ1) is 30.2. The third-order valence-electron chi connectivity index (χ3n) is 4.91. The molecule has 186 valence electrons. The largest absolute Gasteiger partial charge is 0.481 e. The smallest absolute Gasteiger partial charge is 0.306 e. The minimum Gasteiger partial charge on any atom is -0.481 e. The molecule has 0 saturated heterocycles. The summed E-state index contributed by atoms with van der Waals surface area (Å²) >= 11 is 0. The molecule has 5 N–H and O–H groups in total. The molecule has 1 aromatic heterocycles. The van der Waals surface area contributed by atoms with Crippen molar-refractivity contribution in [3.05, 3.63) is 36.0 Å². The van der Waals surface area contributed by atoms with Crippen LogP contribution in [0.3, 0.4) is 0 Å². The number of aromatic nitrogens is 1. The van der Waals surface area contributed by atoms with Gasteiger partial charge in [-0.25, -0.2) is 0 Å². The molecular weight excluding hydrogens is 418 g/mol. The van der Waals surface area contributed by atoms with E-state index in [2.05, 4.69) is 70.2 Å². The summed E-state index contributed by atoms with van der Waals surface area (Å²) in [5.41, 5.74) is 12.4. The molecule has 1 unspecified atom stereocenters. The summed E-state index contributed by atoms with van der Waals surface area (Å²) in [6.07, 6.45) is 5.00. The Labute approximate surface area is 198 Å². The Morgan fingerprint density at radius 2 is 1.55 bits per heavy atom. The van der Waals surface area contributed by atoms with Crippen molar-refractivity contribution in [3.8, 4) is 0 Å². The third kappa shape index (κ3) is 12.7. The molecular formula is C26H43N3O4. The van der Waals surface area contributed by atoms with Gasteiger partial charge in [0.1, 0.15) is 0 Å². The van der Waals surface area contributed by atoms with Crippen LogP contribution in [0.4, 0.5) is 0 Å². The van der Waals surface area contributed by atoms with E-state index in [0.29, 0.717) is 12.8 Å². The van der Waals surface area contributed by atoms with E-state index in [1.165, 1.54) is 23.4 Å². The van der Waals surface area contributed by atoms with Crippen molar-refractivity contribution in [2.24, 2.45) is 22.8 Å². The molecule has 7 nitrogen and oxygen atoms in total. The first-order valence-corrected chi connectivity index (χ1v) is 11.3. The molecule has 0 saturated carbocycles. The lowest BCUT2D eigenvalue weighted by atomic mass is 9.87. The fourth-order valence-corrected chi connectivity index (χ4v) is 3.04. The fraction of sp³-hybridized carbons (Fsp3) is 0.577. The zero-order chi connectivity index (χ0) is 26.0. The molecule has 0 fully saturated rings. The maximum atomic E-state index is 10.9. The number of nitrogens with zero attached hydrogens (tertiary/aromatic N) is 1. The molecule has 1 heterocycles. The highest BCUT2D eigenvalue weighted by Crippen LogP contribution is 2.28. The van der Waals surface area contributed by atoms with Crippen molar-refractivity contribution < 1.29 is 19.5 Å². The van der Waals surface area contributed by atoms with Crippen molar-refractivity contribution in [1.29, 1.82) is 0 Å². The number of para-hydroxylation sites is 1. The second-order valence-corrected chi connectivity index (χ2v) is 10.6. The minimum atomic E-state index is -0.686. The molecule has 0 aliphatic rings. The van der Waals surface area contributed by atoms with Gasteiger partial charge in [-0.1, -0.05) is 45.9 Å². The van der Waals surface area contributed by atoms with Crippen LogP contribution < -0.4 is 11.5 Å². The van der Waals surface area contributed by atoms with E-state index in [1.54, 1.807) is 6.92 Å². The molecule has 0 spiro atoms. The average molecular weight is 462 g/mol. The van der Waals surface area contributed by atoms with Crippen LogP contribution in [0.25, 0.3) is 10.9 Å². The van der Waals surface area contributed by atoms with E-state index in [-0.39, 0.29) is 28.7 Å². The fourth-order valence-electron chi connectivity index (χ4n) is 3.04. The van der Waals surface area contributed by atoms with E-state index < -0.39 is 5.97 Å². The third-order valence-corrected chi connectivity index (χ3v) is 4.91. The van der Waals surface area contributed by atoms with Crippen molar-refractivity contribution in [2.45, 2.75) is 86.6 Å². The molecule has 1 atom stereocenters. The Balaban J connectivity index is 0.000000584. The number of benzene rings is 1. The number of carboxylic acids is 1. The highest BCUT2D eigenvalue weighted by atomic mass is 16.4. The number of aryl methyl sites for hydroxylation is 1. The maximum absolute atomic E-state index is 10.9. The average Bonchev–Trinajstić information content (AvgIpc) is 3.03. The number of aliphatic carboxylic acids is 1. The van der Waals surface area contributed by atoms with Gasteiger partial charge in [-0.2, -0.15) is 0 Å². The minimum absolute atomic E-state index is 0.0323. The summed E-state index contributed by atoms with van der Waals surface area (Å²) in [6, 6.07) is 8.30. The lowest BCUT2D eigenvalue weighted by Gasteiger charge is -2.22. The summed E-state index contributed by atoms with van der Waals surface area (Å²) in [4.78, 5) is 30.6. The second-order valence-electron chi connectivity index (χ2n) is 10.6. The summed E-state index contributed by atoms with van der Waals surface area (Å²) in [5, 5.41) is 9.80. The van der Waals surface area contributed by atoms with Crippen molar-refractivity contribution >= 4 is 28.7 Å².